The Morgan fingerprint density at radius 1 is 1.03 bits per heavy atom. The first kappa shape index (κ1) is 27.1. The van der Waals surface area contributed by atoms with Crippen molar-refractivity contribution >= 4 is 44.9 Å². The largest absolute Gasteiger partial charge is 0.343 e. The van der Waals surface area contributed by atoms with Gasteiger partial charge in [0.15, 0.2) is 17.4 Å². The Hall–Kier alpha value is -3.90. The molecule has 12 heteroatoms. The monoisotopic (exact) mass is 540 g/mol. The van der Waals surface area contributed by atoms with Gasteiger partial charge < -0.3 is 15.5 Å². The number of amides is 1. The number of nitrogens with zero attached hydrogens (tertiary/aromatic N) is 3. The minimum atomic E-state index is -3.67. The van der Waals surface area contributed by atoms with E-state index >= 15 is 0 Å². The summed E-state index contributed by atoms with van der Waals surface area (Å²) in [6.07, 6.45) is 2.26. The molecule has 1 fully saturated rings. The number of anilines is 4. The molecule has 0 bridgehead atoms. The van der Waals surface area contributed by atoms with Gasteiger partial charge in [0, 0.05) is 42.9 Å². The Kier molecular flexibility index (Phi) is 8.02. The van der Waals surface area contributed by atoms with Crippen LogP contribution in [0, 0.1) is 18.7 Å². The molecule has 1 aromatic heterocycles. The van der Waals surface area contributed by atoms with Crippen LogP contribution in [0.5, 0.6) is 0 Å². The molecule has 200 valence electrons. The minimum Gasteiger partial charge on any atom is -0.343 e. The molecule has 0 unspecified atom stereocenters. The van der Waals surface area contributed by atoms with Crippen LogP contribution in [0.15, 0.2) is 53.6 Å². The molecule has 0 saturated carbocycles. The highest BCUT2D eigenvalue weighted by molar-refractivity contribution is 7.89. The van der Waals surface area contributed by atoms with Gasteiger partial charge in [-0.05, 0) is 68.8 Å². The lowest BCUT2D eigenvalue weighted by Crippen LogP contribution is -2.39. The van der Waals surface area contributed by atoms with Gasteiger partial charge in [0.1, 0.15) is 0 Å². The van der Waals surface area contributed by atoms with Crippen molar-refractivity contribution in [3.05, 3.63) is 65.6 Å². The third kappa shape index (κ3) is 6.14. The summed E-state index contributed by atoms with van der Waals surface area (Å²) in [5.74, 6) is -0.801. The quantitative estimate of drug-likeness (QED) is 0.368. The molecule has 0 spiro atoms. The number of nitrogens with one attached hydrogen (secondary N) is 3. The van der Waals surface area contributed by atoms with Crippen LogP contribution in [-0.2, 0) is 14.8 Å². The van der Waals surface area contributed by atoms with Crippen molar-refractivity contribution in [1.82, 2.24) is 19.6 Å². The third-order valence-corrected chi connectivity index (χ3v) is 8.05. The van der Waals surface area contributed by atoms with Crippen molar-refractivity contribution in [3.63, 3.8) is 0 Å². The molecule has 0 atom stereocenters. The van der Waals surface area contributed by atoms with Crippen LogP contribution in [0.3, 0.4) is 0 Å². The SMILES string of the molecule is CNS(=O)(=O)c1cc(Nc2ncc(F)c(Nc3ccc(C(=O)C4CCN(C(C)=O)CC4)cc3)n2)ccc1C. The standard InChI is InChI=1S/C26H29FN6O4S/c1-16-4-7-21(14-23(16)38(36,37)28-3)31-26-29-15-22(27)25(32-26)30-20-8-5-18(6-9-20)24(35)19-10-12-33(13-11-19)17(2)34/h4-9,14-15,19,28H,10-13H2,1-3H3,(H2,29,30,31,32). The number of hydrogen-bond donors (Lipinski definition) is 3. The van der Waals surface area contributed by atoms with Crippen LogP contribution >= 0.6 is 0 Å². The maximum atomic E-state index is 14.5. The predicted molar refractivity (Wildman–Crippen MR) is 142 cm³/mol. The van der Waals surface area contributed by atoms with Crippen molar-refractivity contribution in [2.75, 3.05) is 30.8 Å². The first-order valence-corrected chi connectivity index (χ1v) is 13.6. The second-order valence-electron chi connectivity index (χ2n) is 9.05. The number of aromatic nitrogens is 2. The molecule has 3 N–H and O–H groups in total. The van der Waals surface area contributed by atoms with Gasteiger partial charge in [-0.3, -0.25) is 9.59 Å². The lowest BCUT2D eigenvalue weighted by Gasteiger charge is -2.30. The molecule has 0 aliphatic carbocycles. The molecule has 1 saturated heterocycles. The van der Waals surface area contributed by atoms with Crippen LogP contribution in [0.1, 0.15) is 35.7 Å². The van der Waals surface area contributed by atoms with E-state index in [9.17, 15) is 22.4 Å². The Morgan fingerprint density at radius 2 is 1.68 bits per heavy atom. The fraction of sp³-hybridized carbons (Fsp3) is 0.308. The van der Waals surface area contributed by atoms with E-state index in [2.05, 4.69) is 25.3 Å². The van der Waals surface area contributed by atoms with E-state index in [4.69, 9.17) is 0 Å². The number of benzene rings is 2. The summed E-state index contributed by atoms with van der Waals surface area (Å²) >= 11 is 0. The minimum absolute atomic E-state index is 0.0204. The molecule has 10 nitrogen and oxygen atoms in total. The van der Waals surface area contributed by atoms with Crippen LogP contribution in [-0.4, -0.2) is 55.1 Å². The number of ketones is 1. The Labute approximate surface area is 220 Å². The molecule has 0 radical (unpaired) electrons. The summed E-state index contributed by atoms with van der Waals surface area (Å²) in [4.78, 5) is 34.4. The van der Waals surface area contributed by atoms with E-state index in [1.54, 1.807) is 48.2 Å². The zero-order valence-electron chi connectivity index (χ0n) is 21.3. The number of sulfonamides is 1. The van der Waals surface area contributed by atoms with E-state index in [1.165, 1.54) is 20.0 Å². The number of halogens is 1. The zero-order chi connectivity index (χ0) is 27.4. The lowest BCUT2D eigenvalue weighted by molar-refractivity contribution is -0.130. The van der Waals surface area contributed by atoms with Gasteiger partial charge >= 0.3 is 0 Å². The maximum Gasteiger partial charge on any atom is 0.240 e. The number of hydrogen-bond acceptors (Lipinski definition) is 8. The molecular formula is C26H29FN6O4S. The molecular weight excluding hydrogens is 511 g/mol. The molecule has 4 rings (SSSR count). The first-order chi connectivity index (χ1) is 18.1. The van der Waals surface area contributed by atoms with Crippen LogP contribution in [0.25, 0.3) is 0 Å². The average Bonchev–Trinajstić information content (AvgIpc) is 2.91. The molecule has 2 aromatic carbocycles. The van der Waals surface area contributed by atoms with Gasteiger partial charge in [-0.15, -0.1) is 0 Å². The van der Waals surface area contributed by atoms with Gasteiger partial charge in [0.25, 0.3) is 0 Å². The highest BCUT2D eigenvalue weighted by Gasteiger charge is 2.26. The number of Topliss-reactive ketones (excluding diaryl/α,β-unsaturated/α-hetero) is 1. The summed E-state index contributed by atoms with van der Waals surface area (Å²) in [6, 6.07) is 11.4. The van der Waals surface area contributed by atoms with Gasteiger partial charge in [-0.2, -0.15) is 4.98 Å². The Balaban J connectivity index is 1.45. The molecule has 3 aromatic rings. The van der Waals surface area contributed by atoms with Crippen LogP contribution < -0.4 is 15.4 Å². The second-order valence-corrected chi connectivity index (χ2v) is 10.9. The van der Waals surface area contributed by atoms with Crippen LogP contribution in [0.2, 0.25) is 0 Å². The van der Waals surface area contributed by atoms with Gasteiger partial charge in [0.2, 0.25) is 21.9 Å². The van der Waals surface area contributed by atoms with E-state index in [0.29, 0.717) is 48.4 Å². The zero-order valence-corrected chi connectivity index (χ0v) is 22.1. The molecule has 2 heterocycles. The van der Waals surface area contributed by atoms with E-state index < -0.39 is 15.8 Å². The predicted octanol–water partition coefficient (Wildman–Crippen LogP) is 3.76. The van der Waals surface area contributed by atoms with Gasteiger partial charge in [-0.1, -0.05) is 6.07 Å². The molecule has 1 amide bonds. The van der Waals surface area contributed by atoms with E-state index in [0.717, 1.165) is 6.20 Å². The molecule has 38 heavy (non-hydrogen) atoms. The van der Waals surface area contributed by atoms with Crippen molar-refractivity contribution in [3.8, 4) is 0 Å². The van der Waals surface area contributed by atoms with Crippen molar-refractivity contribution in [1.29, 1.82) is 0 Å². The normalized spacial score (nSPS) is 14.3. The van der Waals surface area contributed by atoms with Gasteiger partial charge in [0.05, 0.1) is 11.1 Å². The first-order valence-electron chi connectivity index (χ1n) is 12.1. The fourth-order valence-corrected chi connectivity index (χ4v) is 5.26. The fourth-order valence-electron chi connectivity index (χ4n) is 4.27. The third-order valence-electron chi connectivity index (χ3n) is 6.49. The summed E-state index contributed by atoms with van der Waals surface area (Å²) in [7, 11) is -2.33. The summed E-state index contributed by atoms with van der Waals surface area (Å²) in [6.45, 7) is 4.36. The summed E-state index contributed by atoms with van der Waals surface area (Å²) in [5, 5.41) is 5.79. The summed E-state index contributed by atoms with van der Waals surface area (Å²) < 4.78 is 41.3. The molecule has 1 aliphatic rings. The van der Waals surface area contributed by atoms with Crippen LogP contribution in [0.4, 0.5) is 27.5 Å². The number of aryl methyl sites for hydroxylation is 1. The van der Waals surface area contributed by atoms with Gasteiger partial charge in [-0.25, -0.2) is 22.5 Å². The number of carbonyl (C=O) groups is 2. The average molecular weight is 541 g/mol. The number of piperidine rings is 1. The highest BCUT2D eigenvalue weighted by Crippen LogP contribution is 2.26. The van der Waals surface area contributed by atoms with E-state index in [-0.39, 0.29) is 34.3 Å². The van der Waals surface area contributed by atoms with Crippen molar-refractivity contribution < 1.29 is 22.4 Å². The van der Waals surface area contributed by atoms with Crippen molar-refractivity contribution in [2.24, 2.45) is 5.92 Å². The lowest BCUT2D eigenvalue weighted by atomic mass is 9.89. The number of carbonyl (C=O) groups excluding carboxylic acids is 2. The smallest absolute Gasteiger partial charge is 0.240 e. The maximum absolute atomic E-state index is 14.5. The highest BCUT2D eigenvalue weighted by atomic mass is 32.2. The Bertz CT molecular complexity index is 1460. The second kappa shape index (κ2) is 11.2. The molecule has 1 aliphatic heterocycles. The van der Waals surface area contributed by atoms with Crippen molar-refractivity contribution in [2.45, 2.75) is 31.6 Å². The topological polar surface area (TPSA) is 133 Å². The Morgan fingerprint density at radius 3 is 2.32 bits per heavy atom. The summed E-state index contributed by atoms with van der Waals surface area (Å²) in [5.41, 5.74) is 2.05. The van der Waals surface area contributed by atoms with E-state index in [1.807, 2.05) is 0 Å². The number of likely N-dealkylation sites (tertiary alicyclic amines) is 1. The number of rotatable bonds is 8.